The lowest BCUT2D eigenvalue weighted by atomic mass is 10.0. The molecule has 218 valence electrons. The van der Waals surface area contributed by atoms with Crippen molar-refractivity contribution < 1.29 is 18.0 Å². The molecule has 0 fully saturated rings. The number of sulfonamides is 1. The molecule has 1 N–H and O–H groups in total. The van der Waals surface area contributed by atoms with Crippen molar-refractivity contribution in [2.45, 2.75) is 30.8 Å². The summed E-state index contributed by atoms with van der Waals surface area (Å²) in [7, 11) is -4.19. The number of amides is 2. The van der Waals surface area contributed by atoms with Crippen molar-refractivity contribution in [2.24, 2.45) is 0 Å². The summed E-state index contributed by atoms with van der Waals surface area (Å²) >= 11 is 12.5. The predicted octanol–water partition coefficient (Wildman–Crippen LogP) is 5.96. The molecule has 0 aliphatic heterocycles. The number of nitrogens with one attached hydrogen (secondary N) is 1. The Morgan fingerprint density at radius 1 is 0.810 bits per heavy atom. The van der Waals surface area contributed by atoms with Crippen LogP contribution in [0.4, 0.5) is 5.69 Å². The van der Waals surface area contributed by atoms with Crippen molar-refractivity contribution in [1.82, 2.24) is 10.2 Å². The van der Waals surface area contributed by atoms with E-state index in [9.17, 15) is 18.0 Å². The van der Waals surface area contributed by atoms with Crippen molar-refractivity contribution in [3.05, 3.63) is 130 Å². The first-order chi connectivity index (χ1) is 20.2. The lowest BCUT2D eigenvalue weighted by molar-refractivity contribution is -0.140. The molecule has 1 unspecified atom stereocenters. The highest BCUT2D eigenvalue weighted by Gasteiger charge is 2.34. The van der Waals surface area contributed by atoms with Gasteiger partial charge in [0.25, 0.3) is 10.0 Å². The van der Waals surface area contributed by atoms with Crippen LogP contribution in [0.25, 0.3) is 0 Å². The molecule has 0 spiro atoms. The number of nitrogens with zero attached hydrogens (tertiary/aromatic N) is 2. The minimum atomic E-state index is -4.19. The SMILES string of the molecule is CCNC(=O)C(Cc1ccccc1)N(Cc1ccccc1Cl)C(=O)CN(c1ccccc1)S(=O)(=O)c1ccc(Cl)cc1. The molecule has 0 aliphatic carbocycles. The monoisotopic (exact) mass is 623 g/mol. The number of anilines is 1. The van der Waals surface area contributed by atoms with Gasteiger partial charge < -0.3 is 10.2 Å². The van der Waals surface area contributed by atoms with E-state index in [0.717, 1.165) is 9.87 Å². The fourth-order valence-corrected chi connectivity index (χ4v) is 6.25. The van der Waals surface area contributed by atoms with E-state index in [1.807, 2.05) is 30.3 Å². The van der Waals surface area contributed by atoms with Crippen LogP contribution in [0, 0.1) is 0 Å². The largest absolute Gasteiger partial charge is 0.355 e. The maximum absolute atomic E-state index is 14.3. The van der Waals surface area contributed by atoms with Gasteiger partial charge >= 0.3 is 0 Å². The van der Waals surface area contributed by atoms with Gasteiger partial charge in [-0.3, -0.25) is 13.9 Å². The Balaban J connectivity index is 1.78. The smallest absolute Gasteiger partial charge is 0.264 e. The lowest BCUT2D eigenvalue weighted by Crippen LogP contribution is -2.53. The average Bonchev–Trinajstić information content (AvgIpc) is 2.99. The highest BCUT2D eigenvalue weighted by molar-refractivity contribution is 7.92. The molecule has 10 heteroatoms. The van der Waals surface area contributed by atoms with Crippen LogP contribution in [0.3, 0.4) is 0 Å². The molecule has 0 bridgehead atoms. The minimum Gasteiger partial charge on any atom is -0.355 e. The minimum absolute atomic E-state index is 0.00321. The number of carbonyl (C=O) groups excluding carboxylic acids is 2. The van der Waals surface area contributed by atoms with E-state index >= 15 is 0 Å². The van der Waals surface area contributed by atoms with E-state index in [2.05, 4.69) is 5.32 Å². The maximum Gasteiger partial charge on any atom is 0.264 e. The second kappa shape index (κ2) is 14.4. The topological polar surface area (TPSA) is 86.8 Å². The third-order valence-corrected chi connectivity index (χ3v) is 9.05. The fourth-order valence-electron chi connectivity index (χ4n) is 4.51. The second-order valence-corrected chi connectivity index (χ2v) is 12.2. The van der Waals surface area contributed by atoms with Crippen molar-refractivity contribution >= 4 is 50.7 Å². The van der Waals surface area contributed by atoms with Crippen molar-refractivity contribution in [3.8, 4) is 0 Å². The van der Waals surface area contributed by atoms with E-state index in [1.54, 1.807) is 61.5 Å². The zero-order valence-electron chi connectivity index (χ0n) is 23.0. The molecule has 42 heavy (non-hydrogen) atoms. The lowest BCUT2D eigenvalue weighted by Gasteiger charge is -2.34. The first-order valence-corrected chi connectivity index (χ1v) is 15.6. The number of benzene rings is 4. The first kappa shape index (κ1) is 31.1. The molecule has 0 radical (unpaired) electrons. The second-order valence-electron chi connectivity index (χ2n) is 9.51. The van der Waals surface area contributed by atoms with Crippen molar-refractivity contribution in [3.63, 3.8) is 0 Å². The van der Waals surface area contributed by atoms with Crippen LogP contribution in [0.1, 0.15) is 18.1 Å². The van der Waals surface area contributed by atoms with E-state index < -0.39 is 28.5 Å². The number of halogens is 2. The highest BCUT2D eigenvalue weighted by Crippen LogP contribution is 2.26. The Kier molecular flexibility index (Phi) is 10.6. The zero-order chi connectivity index (χ0) is 30.1. The molecule has 4 aromatic rings. The van der Waals surface area contributed by atoms with Gasteiger partial charge in [-0.05, 0) is 60.5 Å². The molecule has 4 rings (SSSR count). The van der Waals surface area contributed by atoms with Crippen LogP contribution in [0.5, 0.6) is 0 Å². The molecule has 7 nitrogen and oxygen atoms in total. The van der Waals surface area contributed by atoms with Gasteiger partial charge in [0.15, 0.2) is 0 Å². The average molecular weight is 625 g/mol. The standard InChI is InChI=1S/C32H31Cl2N3O4S/c1-2-35-32(39)30(21-24-11-5-3-6-12-24)36(22-25-13-9-10-16-29(25)34)31(38)23-37(27-14-7-4-8-15-27)42(40,41)28-19-17-26(33)18-20-28/h3-20,30H,2,21-23H2,1H3,(H,35,39). The number of hydrogen-bond donors (Lipinski definition) is 1. The van der Waals surface area contributed by atoms with Gasteiger partial charge in [-0.15, -0.1) is 0 Å². The molecule has 2 amide bonds. The summed E-state index contributed by atoms with van der Waals surface area (Å²) in [5.74, 6) is -0.919. The normalized spacial score (nSPS) is 11.9. The van der Waals surface area contributed by atoms with Crippen LogP contribution in [-0.2, 0) is 32.6 Å². The van der Waals surface area contributed by atoms with Crippen molar-refractivity contribution in [1.29, 1.82) is 0 Å². The van der Waals surface area contributed by atoms with Gasteiger partial charge in [0.05, 0.1) is 10.6 Å². The molecule has 4 aromatic carbocycles. The Labute approximate surface area is 256 Å². The highest BCUT2D eigenvalue weighted by atomic mass is 35.5. The molecule has 0 aromatic heterocycles. The Morgan fingerprint density at radius 3 is 2.02 bits per heavy atom. The molecule has 0 heterocycles. The summed E-state index contributed by atoms with van der Waals surface area (Å²) in [4.78, 5) is 29.2. The number of likely N-dealkylation sites (N-methyl/N-ethyl adjacent to an activating group) is 1. The van der Waals surface area contributed by atoms with Gasteiger partial charge in [0.2, 0.25) is 11.8 Å². The van der Waals surface area contributed by atoms with E-state index in [-0.39, 0.29) is 23.8 Å². The number of carbonyl (C=O) groups is 2. The van der Waals surface area contributed by atoms with Crippen LogP contribution in [0.2, 0.25) is 10.0 Å². The summed E-state index contributed by atoms with van der Waals surface area (Å²) in [6, 6.07) is 29.6. The van der Waals surface area contributed by atoms with E-state index in [4.69, 9.17) is 23.2 Å². The molecule has 0 saturated heterocycles. The summed E-state index contributed by atoms with van der Waals surface area (Å²) < 4.78 is 28.9. The maximum atomic E-state index is 14.3. The summed E-state index contributed by atoms with van der Waals surface area (Å²) in [6.45, 7) is 1.60. The Hall–Kier alpha value is -3.85. The fraction of sp³-hybridized carbons (Fsp3) is 0.188. The number of rotatable bonds is 12. The van der Waals surface area contributed by atoms with Crippen LogP contribution >= 0.6 is 23.2 Å². The van der Waals surface area contributed by atoms with E-state index in [1.165, 1.54) is 29.2 Å². The van der Waals surface area contributed by atoms with Crippen LogP contribution < -0.4 is 9.62 Å². The Morgan fingerprint density at radius 2 is 1.40 bits per heavy atom. The third-order valence-electron chi connectivity index (χ3n) is 6.65. The molecule has 0 saturated carbocycles. The molecular formula is C32H31Cl2N3O4S. The number of hydrogen-bond acceptors (Lipinski definition) is 4. The van der Waals surface area contributed by atoms with Gasteiger partial charge in [0, 0.05) is 29.6 Å². The Bertz CT molecular complexity index is 1600. The van der Waals surface area contributed by atoms with Crippen LogP contribution in [0.15, 0.2) is 114 Å². The zero-order valence-corrected chi connectivity index (χ0v) is 25.3. The van der Waals surface area contributed by atoms with Gasteiger partial charge in [-0.25, -0.2) is 8.42 Å². The summed E-state index contributed by atoms with van der Waals surface area (Å²) in [6.07, 6.45) is 0.220. The molecular weight excluding hydrogens is 593 g/mol. The van der Waals surface area contributed by atoms with E-state index in [0.29, 0.717) is 27.8 Å². The predicted molar refractivity (Wildman–Crippen MR) is 167 cm³/mol. The third kappa shape index (κ3) is 7.70. The quantitative estimate of drug-likeness (QED) is 0.211. The summed E-state index contributed by atoms with van der Waals surface area (Å²) in [5, 5.41) is 3.65. The molecule has 1 atom stereocenters. The van der Waals surface area contributed by atoms with Gasteiger partial charge in [-0.1, -0.05) is 89.9 Å². The van der Waals surface area contributed by atoms with Crippen LogP contribution in [-0.4, -0.2) is 44.3 Å². The first-order valence-electron chi connectivity index (χ1n) is 13.4. The van der Waals surface area contributed by atoms with Crippen molar-refractivity contribution in [2.75, 3.05) is 17.4 Å². The van der Waals surface area contributed by atoms with Gasteiger partial charge in [-0.2, -0.15) is 0 Å². The molecule has 0 aliphatic rings. The van der Waals surface area contributed by atoms with Gasteiger partial charge in [0.1, 0.15) is 12.6 Å². The number of para-hydroxylation sites is 1. The summed E-state index contributed by atoms with van der Waals surface area (Å²) in [5.41, 5.74) is 1.78.